The number of nitrogens with one attached hydrogen (secondary N) is 3. The molecule has 0 spiro atoms. The number of carboxylic acids is 1. The molecule has 11 nitrogen and oxygen atoms in total. The van der Waals surface area contributed by atoms with Crippen molar-refractivity contribution in [1.82, 2.24) is 16.1 Å². The highest BCUT2D eigenvalue weighted by molar-refractivity contribution is 5.97. The van der Waals surface area contributed by atoms with Crippen LogP contribution in [-0.2, 0) is 19.1 Å². The second kappa shape index (κ2) is 15.5. The molecular formula is C23H26F3N5O6. The molecule has 6 N–H and O–H groups in total. The van der Waals surface area contributed by atoms with Gasteiger partial charge in [-0.15, -0.1) is 0 Å². The van der Waals surface area contributed by atoms with Gasteiger partial charge in [0.05, 0.1) is 31.3 Å². The van der Waals surface area contributed by atoms with Crippen LogP contribution in [0, 0.1) is 0 Å². The Bertz CT molecular complexity index is 1080. The number of carbonyl (C=O) groups is 4. The van der Waals surface area contributed by atoms with Crippen LogP contribution in [0.25, 0.3) is 0 Å². The van der Waals surface area contributed by atoms with Gasteiger partial charge in [-0.3, -0.25) is 14.4 Å². The number of esters is 1. The number of hydrazine groups is 1. The van der Waals surface area contributed by atoms with Crippen LogP contribution in [0.4, 0.5) is 18.9 Å². The van der Waals surface area contributed by atoms with Gasteiger partial charge in [0.25, 0.3) is 5.91 Å². The zero-order valence-electron chi connectivity index (χ0n) is 19.6. The summed E-state index contributed by atoms with van der Waals surface area (Å²) < 4.78 is 36.7. The molecule has 200 valence electrons. The molecule has 2 rings (SSSR count). The van der Waals surface area contributed by atoms with Crippen LogP contribution in [-0.4, -0.2) is 54.5 Å². The third-order valence-electron chi connectivity index (χ3n) is 4.26. The minimum atomic E-state index is -5.08. The number of aliphatic carboxylic acids is 1. The quantitative estimate of drug-likeness (QED) is 0.103. The second-order valence-electron chi connectivity index (χ2n) is 7.00. The van der Waals surface area contributed by atoms with E-state index in [0.717, 1.165) is 5.56 Å². The highest BCUT2D eigenvalue weighted by Gasteiger charge is 2.38. The minimum absolute atomic E-state index is 0.00718. The van der Waals surface area contributed by atoms with Gasteiger partial charge in [0.2, 0.25) is 5.91 Å². The molecule has 1 atom stereocenters. The highest BCUT2D eigenvalue weighted by Crippen LogP contribution is 2.17. The molecule has 2 aromatic carbocycles. The number of nitrogens with two attached hydrogens (primary N) is 1. The fourth-order valence-corrected chi connectivity index (χ4v) is 2.67. The van der Waals surface area contributed by atoms with Crippen LogP contribution < -0.4 is 21.9 Å². The fourth-order valence-electron chi connectivity index (χ4n) is 2.67. The lowest BCUT2D eigenvalue weighted by Gasteiger charge is -2.18. The molecule has 0 bridgehead atoms. The number of benzene rings is 2. The van der Waals surface area contributed by atoms with Crippen molar-refractivity contribution >= 4 is 35.8 Å². The number of aliphatic imine (C=N–C) groups is 1. The number of hydrogen-bond acceptors (Lipinski definition) is 7. The smallest absolute Gasteiger partial charge is 0.475 e. The molecule has 0 saturated heterocycles. The Morgan fingerprint density at radius 2 is 1.76 bits per heavy atom. The number of ether oxygens (including phenoxy) is 1. The van der Waals surface area contributed by atoms with Crippen molar-refractivity contribution in [2.24, 2.45) is 10.8 Å². The number of amides is 2. The lowest BCUT2D eigenvalue weighted by Crippen LogP contribution is -2.39. The van der Waals surface area contributed by atoms with E-state index >= 15 is 0 Å². The van der Waals surface area contributed by atoms with Crippen molar-refractivity contribution in [3.8, 4) is 0 Å². The lowest BCUT2D eigenvalue weighted by molar-refractivity contribution is -0.192. The van der Waals surface area contributed by atoms with E-state index in [9.17, 15) is 27.6 Å². The van der Waals surface area contributed by atoms with E-state index in [1.165, 1.54) is 6.34 Å². The number of alkyl halides is 3. The predicted octanol–water partition coefficient (Wildman–Crippen LogP) is 1.98. The van der Waals surface area contributed by atoms with Gasteiger partial charge < -0.3 is 25.9 Å². The maximum absolute atomic E-state index is 12.4. The fraction of sp³-hybridized carbons (Fsp3) is 0.261. The van der Waals surface area contributed by atoms with Crippen molar-refractivity contribution in [1.29, 1.82) is 0 Å². The standard InChI is InChI=1S/C21H25N5O4.C2HF3O2/c1-2-30-20(28)12-18(15-7-4-3-5-8-15)26-19(27)13-23-21(29)16-9-6-10-17(11-16)24-14-25-22;3-2(4,5)1(6)7/h3-11,14,18H,2,12-13,22H2,1H3,(H,23,29)(H,24,25)(H,26,27);(H,6,7). The predicted molar refractivity (Wildman–Crippen MR) is 127 cm³/mol. The van der Waals surface area contributed by atoms with Gasteiger partial charge in [0, 0.05) is 5.56 Å². The molecule has 37 heavy (non-hydrogen) atoms. The number of nitrogens with zero attached hydrogens (tertiary/aromatic N) is 1. The normalized spacial score (nSPS) is 11.5. The second-order valence-corrected chi connectivity index (χ2v) is 7.00. The monoisotopic (exact) mass is 525 g/mol. The molecular weight excluding hydrogens is 499 g/mol. The number of rotatable bonds is 10. The molecule has 2 aromatic rings. The summed E-state index contributed by atoms with van der Waals surface area (Å²) in [5, 5.41) is 12.5. The number of carboxylic acid groups (broad SMARTS) is 1. The van der Waals surface area contributed by atoms with Gasteiger partial charge in [-0.2, -0.15) is 13.2 Å². The number of hydrogen-bond donors (Lipinski definition) is 5. The van der Waals surface area contributed by atoms with Gasteiger partial charge in [0.15, 0.2) is 0 Å². The number of carbonyl (C=O) groups excluding carboxylic acids is 3. The van der Waals surface area contributed by atoms with E-state index in [2.05, 4.69) is 21.1 Å². The lowest BCUT2D eigenvalue weighted by atomic mass is 10.0. The van der Waals surface area contributed by atoms with Crippen LogP contribution in [0.5, 0.6) is 0 Å². The molecule has 0 radical (unpaired) electrons. The Labute approximate surface area is 209 Å². The van der Waals surface area contributed by atoms with Crippen LogP contribution in [0.15, 0.2) is 59.6 Å². The molecule has 2 amide bonds. The summed E-state index contributed by atoms with van der Waals surface area (Å²) in [5.41, 5.74) is 3.93. The SMILES string of the molecule is CCOC(=O)CC(NC(=O)CNC(=O)c1cccc(N=CNN)c1)c1ccccc1.O=C(O)C(F)(F)F. The maximum Gasteiger partial charge on any atom is 0.490 e. The maximum atomic E-state index is 12.4. The Hall–Kier alpha value is -4.46. The first kappa shape index (κ1) is 30.6. The van der Waals surface area contributed by atoms with Crippen molar-refractivity contribution in [2.75, 3.05) is 13.2 Å². The first-order valence-electron chi connectivity index (χ1n) is 10.6. The van der Waals surface area contributed by atoms with Crippen molar-refractivity contribution in [3.05, 3.63) is 65.7 Å². The van der Waals surface area contributed by atoms with Crippen molar-refractivity contribution in [2.45, 2.75) is 25.6 Å². The zero-order chi connectivity index (χ0) is 27.8. The Morgan fingerprint density at radius 1 is 1.11 bits per heavy atom. The zero-order valence-corrected chi connectivity index (χ0v) is 19.6. The molecule has 1 unspecified atom stereocenters. The molecule has 0 aliphatic heterocycles. The van der Waals surface area contributed by atoms with E-state index in [0.29, 0.717) is 11.3 Å². The van der Waals surface area contributed by atoms with Crippen LogP contribution >= 0.6 is 0 Å². The van der Waals surface area contributed by atoms with Crippen LogP contribution in [0.1, 0.15) is 35.3 Å². The van der Waals surface area contributed by atoms with Gasteiger partial charge >= 0.3 is 18.1 Å². The summed E-state index contributed by atoms with van der Waals surface area (Å²) in [7, 11) is 0. The van der Waals surface area contributed by atoms with Gasteiger partial charge in [-0.1, -0.05) is 36.4 Å². The summed E-state index contributed by atoms with van der Waals surface area (Å²) in [6, 6.07) is 15.1. The first-order chi connectivity index (χ1) is 17.5. The molecule has 0 heterocycles. The van der Waals surface area contributed by atoms with E-state index in [4.69, 9.17) is 20.5 Å². The highest BCUT2D eigenvalue weighted by atomic mass is 19.4. The third-order valence-corrected chi connectivity index (χ3v) is 4.26. The summed E-state index contributed by atoms with van der Waals surface area (Å²) in [5.74, 6) is 1.10. The molecule has 14 heteroatoms. The summed E-state index contributed by atoms with van der Waals surface area (Å²) >= 11 is 0. The van der Waals surface area contributed by atoms with E-state index in [1.807, 2.05) is 30.3 Å². The average molecular weight is 525 g/mol. The largest absolute Gasteiger partial charge is 0.490 e. The minimum Gasteiger partial charge on any atom is -0.475 e. The van der Waals surface area contributed by atoms with Gasteiger partial charge in [-0.25, -0.2) is 15.6 Å². The van der Waals surface area contributed by atoms with Crippen LogP contribution in [0.2, 0.25) is 0 Å². The Balaban J connectivity index is 0.000000856. The third kappa shape index (κ3) is 12.2. The van der Waals surface area contributed by atoms with Gasteiger partial charge in [-0.05, 0) is 30.7 Å². The van der Waals surface area contributed by atoms with Gasteiger partial charge in [0.1, 0.15) is 6.34 Å². The van der Waals surface area contributed by atoms with E-state index < -0.39 is 36.0 Å². The van der Waals surface area contributed by atoms with Crippen molar-refractivity contribution < 1.29 is 42.2 Å². The Kier molecular flexibility index (Phi) is 12.8. The summed E-state index contributed by atoms with van der Waals surface area (Å²) in [4.78, 5) is 49.5. The average Bonchev–Trinajstić information content (AvgIpc) is 2.86. The van der Waals surface area contributed by atoms with E-state index in [1.54, 1.807) is 31.2 Å². The van der Waals surface area contributed by atoms with Crippen LogP contribution in [0.3, 0.4) is 0 Å². The Morgan fingerprint density at radius 3 is 2.32 bits per heavy atom. The topological polar surface area (TPSA) is 172 Å². The molecule has 0 saturated carbocycles. The first-order valence-corrected chi connectivity index (χ1v) is 10.6. The molecule has 0 aliphatic rings. The summed E-state index contributed by atoms with van der Waals surface area (Å²) in [6.07, 6.45) is -3.80. The molecule has 0 aromatic heterocycles. The molecule has 0 fully saturated rings. The van der Waals surface area contributed by atoms with Crippen molar-refractivity contribution in [3.63, 3.8) is 0 Å². The number of halogens is 3. The van der Waals surface area contributed by atoms with E-state index in [-0.39, 0.29) is 19.6 Å². The molecule has 0 aliphatic carbocycles. The summed E-state index contributed by atoms with van der Waals surface area (Å²) in [6.45, 7) is 1.73.